The number of hydrogen-bond acceptors (Lipinski definition) is 6. The standard InChI is InChI=1S/C15H18N4O3/c20-15(12-3-8-21-10-12)19-6-4-18(5-7-19)9-13-16-17-14(22-13)11-1-2-11/h3,8,10-11H,1-2,4-7,9H2. The summed E-state index contributed by atoms with van der Waals surface area (Å²) in [4.78, 5) is 16.3. The molecule has 116 valence electrons. The molecule has 2 fully saturated rings. The van der Waals surface area contributed by atoms with Crippen molar-refractivity contribution in [1.82, 2.24) is 20.0 Å². The van der Waals surface area contributed by atoms with Gasteiger partial charge in [0.05, 0.1) is 18.4 Å². The fourth-order valence-corrected chi connectivity index (χ4v) is 2.69. The Balaban J connectivity index is 1.30. The third-order valence-corrected chi connectivity index (χ3v) is 4.20. The lowest BCUT2D eigenvalue weighted by molar-refractivity contribution is 0.0617. The Bertz CT molecular complexity index is 640. The van der Waals surface area contributed by atoms with Crippen LogP contribution in [0.3, 0.4) is 0 Å². The molecule has 0 unspecified atom stereocenters. The zero-order valence-corrected chi connectivity index (χ0v) is 12.3. The van der Waals surface area contributed by atoms with E-state index >= 15 is 0 Å². The van der Waals surface area contributed by atoms with Gasteiger partial charge in [-0.3, -0.25) is 9.69 Å². The van der Waals surface area contributed by atoms with Gasteiger partial charge in [0.15, 0.2) is 0 Å². The van der Waals surface area contributed by atoms with Crippen molar-refractivity contribution >= 4 is 5.91 Å². The first-order valence-electron chi connectivity index (χ1n) is 7.66. The lowest BCUT2D eigenvalue weighted by atomic mass is 10.2. The summed E-state index contributed by atoms with van der Waals surface area (Å²) >= 11 is 0. The van der Waals surface area contributed by atoms with Crippen LogP contribution in [-0.4, -0.2) is 52.1 Å². The Morgan fingerprint density at radius 2 is 2.05 bits per heavy atom. The smallest absolute Gasteiger partial charge is 0.257 e. The van der Waals surface area contributed by atoms with Crippen molar-refractivity contribution in [2.75, 3.05) is 26.2 Å². The minimum Gasteiger partial charge on any atom is -0.472 e. The zero-order chi connectivity index (χ0) is 14.9. The van der Waals surface area contributed by atoms with Gasteiger partial charge in [-0.25, -0.2) is 0 Å². The predicted octanol–water partition coefficient (Wildman–Crippen LogP) is 1.50. The SMILES string of the molecule is O=C(c1ccoc1)N1CCN(Cc2nnc(C3CC3)o2)CC1. The summed E-state index contributed by atoms with van der Waals surface area (Å²) in [5, 5.41) is 8.22. The molecule has 7 nitrogen and oxygen atoms in total. The van der Waals surface area contributed by atoms with E-state index in [0.717, 1.165) is 31.8 Å². The lowest BCUT2D eigenvalue weighted by Gasteiger charge is -2.33. The Morgan fingerprint density at radius 1 is 1.23 bits per heavy atom. The van der Waals surface area contributed by atoms with Gasteiger partial charge >= 0.3 is 0 Å². The normalized spacial score (nSPS) is 19.5. The van der Waals surface area contributed by atoms with Gasteiger partial charge in [-0.1, -0.05) is 0 Å². The average Bonchev–Trinajstić information content (AvgIpc) is 3.06. The van der Waals surface area contributed by atoms with Crippen LogP contribution in [0.5, 0.6) is 0 Å². The van der Waals surface area contributed by atoms with Crippen LogP contribution in [0.2, 0.25) is 0 Å². The molecule has 0 aromatic carbocycles. The van der Waals surface area contributed by atoms with Crippen LogP contribution in [0.15, 0.2) is 27.4 Å². The van der Waals surface area contributed by atoms with Crippen LogP contribution in [0.4, 0.5) is 0 Å². The molecule has 22 heavy (non-hydrogen) atoms. The molecule has 4 rings (SSSR count). The van der Waals surface area contributed by atoms with Gasteiger partial charge in [0, 0.05) is 32.1 Å². The molecule has 0 radical (unpaired) electrons. The van der Waals surface area contributed by atoms with E-state index in [0.29, 0.717) is 37.0 Å². The topological polar surface area (TPSA) is 75.6 Å². The van der Waals surface area contributed by atoms with Crippen molar-refractivity contribution < 1.29 is 13.6 Å². The summed E-state index contributed by atoms with van der Waals surface area (Å²) in [6, 6.07) is 1.70. The predicted molar refractivity (Wildman–Crippen MR) is 76.2 cm³/mol. The number of piperazine rings is 1. The molecular formula is C15H18N4O3. The molecule has 2 aliphatic rings. The molecule has 0 bridgehead atoms. The lowest BCUT2D eigenvalue weighted by Crippen LogP contribution is -2.48. The van der Waals surface area contributed by atoms with E-state index in [1.165, 1.54) is 12.5 Å². The van der Waals surface area contributed by atoms with Crippen molar-refractivity contribution in [2.24, 2.45) is 0 Å². The number of carbonyl (C=O) groups excluding carboxylic acids is 1. The van der Waals surface area contributed by atoms with Crippen molar-refractivity contribution in [3.63, 3.8) is 0 Å². The quantitative estimate of drug-likeness (QED) is 0.852. The van der Waals surface area contributed by atoms with Crippen LogP contribution in [0.25, 0.3) is 0 Å². The summed E-state index contributed by atoms with van der Waals surface area (Å²) in [6.45, 7) is 3.68. The molecule has 3 heterocycles. The van der Waals surface area contributed by atoms with Crippen molar-refractivity contribution in [3.8, 4) is 0 Å². The second kappa shape index (κ2) is 5.57. The van der Waals surface area contributed by atoms with Crippen molar-refractivity contribution in [2.45, 2.75) is 25.3 Å². The molecule has 1 saturated heterocycles. The number of rotatable bonds is 4. The highest BCUT2D eigenvalue weighted by Crippen LogP contribution is 2.39. The second-order valence-electron chi connectivity index (χ2n) is 5.89. The first-order valence-corrected chi connectivity index (χ1v) is 7.66. The number of amides is 1. The largest absolute Gasteiger partial charge is 0.472 e. The van der Waals surface area contributed by atoms with Crippen LogP contribution >= 0.6 is 0 Å². The molecule has 1 amide bonds. The summed E-state index contributed by atoms with van der Waals surface area (Å²) in [6.07, 6.45) is 5.34. The van der Waals surface area contributed by atoms with Gasteiger partial charge in [0.1, 0.15) is 6.26 Å². The Kier molecular flexibility index (Phi) is 3.42. The fraction of sp³-hybridized carbons (Fsp3) is 0.533. The van der Waals surface area contributed by atoms with Gasteiger partial charge in [0.2, 0.25) is 11.8 Å². The highest BCUT2D eigenvalue weighted by molar-refractivity contribution is 5.93. The molecule has 1 aliphatic heterocycles. The maximum Gasteiger partial charge on any atom is 0.257 e. The third-order valence-electron chi connectivity index (χ3n) is 4.20. The summed E-state index contributed by atoms with van der Waals surface area (Å²) < 4.78 is 10.7. The molecule has 7 heteroatoms. The summed E-state index contributed by atoms with van der Waals surface area (Å²) in [7, 11) is 0. The van der Waals surface area contributed by atoms with E-state index < -0.39 is 0 Å². The number of nitrogens with zero attached hydrogens (tertiary/aromatic N) is 4. The highest BCUT2D eigenvalue weighted by atomic mass is 16.4. The van der Waals surface area contributed by atoms with Gasteiger partial charge < -0.3 is 13.7 Å². The molecule has 1 aliphatic carbocycles. The Hall–Kier alpha value is -2.15. The van der Waals surface area contributed by atoms with E-state index in [-0.39, 0.29) is 5.91 Å². The van der Waals surface area contributed by atoms with Gasteiger partial charge in [-0.05, 0) is 18.9 Å². The summed E-state index contributed by atoms with van der Waals surface area (Å²) in [5.41, 5.74) is 0.611. The van der Waals surface area contributed by atoms with Crippen molar-refractivity contribution in [3.05, 3.63) is 35.9 Å². The van der Waals surface area contributed by atoms with Gasteiger partial charge in [0.25, 0.3) is 5.91 Å². The van der Waals surface area contributed by atoms with Gasteiger partial charge in [-0.15, -0.1) is 10.2 Å². The van der Waals surface area contributed by atoms with Gasteiger partial charge in [-0.2, -0.15) is 0 Å². The van der Waals surface area contributed by atoms with E-state index in [9.17, 15) is 4.79 Å². The van der Waals surface area contributed by atoms with Crippen molar-refractivity contribution in [1.29, 1.82) is 0 Å². The fourth-order valence-electron chi connectivity index (χ4n) is 2.69. The molecular weight excluding hydrogens is 284 g/mol. The number of hydrogen-bond donors (Lipinski definition) is 0. The third kappa shape index (κ3) is 2.76. The summed E-state index contributed by atoms with van der Waals surface area (Å²) in [5.74, 6) is 1.98. The molecule has 1 saturated carbocycles. The maximum atomic E-state index is 12.2. The molecule has 2 aromatic heterocycles. The van der Waals surface area contributed by atoms with E-state index in [1.807, 2.05) is 4.90 Å². The number of carbonyl (C=O) groups is 1. The average molecular weight is 302 g/mol. The Morgan fingerprint density at radius 3 is 2.73 bits per heavy atom. The van der Waals surface area contributed by atoms with Crippen LogP contribution in [0, 0.1) is 0 Å². The number of aromatic nitrogens is 2. The molecule has 0 spiro atoms. The first kappa shape index (κ1) is 13.5. The molecule has 2 aromatic rings. The Labute approximate surface area is 127 Å². The maximum absolute atomic E-state index is 12.2. The highest BCUT2D eigenvalue weighted by Gasteiger charge is 2.30. The minimum atomic E-state index is 0.0298. The first-order chi connectivity index (χ1) is 10.8. The van der Waals surface area contributed by atoms with E-state index in [2.05, 4.69) is 15.1 Å². The van der Waals surface area contributed by atoms with Crippen LogP contribution in [0.1, 0.15) is 40.9 Å². The van der Waals surface area contributed by atoms with E-state index in [4.69, 9.17) is 8.83 Å². The minimum absolute atomic E-state index is 0.0298. The zero-order valence-electron chi connectivity index (χ0n) is 12.3. The van der Waals surface area contributed by atoms with Crippen LogP contribution < -0.4 is 0 Å². The second-order valence-corrected chi connectivity index (χ2v) is 5.89. The molecule has 0 N–H and O–H groups in total. The van der Waals surface area contributed by atoms with Crippen LogP contribution in [-0.2, 0) is 6.54 Å². The monoisotopic (exact) mass is 302 g/mol. The number of furan rings is 1. The van der Waals surface area contributed by atoms with E-state index in [1.54, 1.807) is 6.07 Å². The molecule has 0 atom stereocenters.